The molecule has 5 aromatic rings. The number of aromatic nitrogens is 3. The number of carbonyl (C=O) groups is 1. The molecule has 1 amide bonds. The lowest BCUT2D eigenvalue weighted by atomic mass is 10.1. The van der Waals surface area contributed by atoms with Crippen molar-refractivity contribution in [1.29, 1.82) is 0 Å². The van der Waals surface area contributed by atoms with Crippen LogP contribution in [0.1, 0.15) is 21.5 Å². The van der Waals surface area contributed by atoms with Gasteiger partial charge in [0.25, 0.3) is 11.5 Å². The van der Waals surface area contributed by atoms with E-state index >= 15 is 0 Å². The Kier molecular flexibility index (Phi) is 6.15. The highest BCUT2D eigenvalue weighted by Gasteiger charge is 2.27. The lowest BCUT2D eigenvalue weighted by Crippen LogP contribution is -2.41. The summed E-state index contributed by atoms with van der Waals surface area (Å²) >= 11 is 0. The number of carbonyl (C=O) groups excluding carboxylic acids is 1. The quantitative estimate of drug-likeness (QED) is 0.388. The number of anilines is 2. The van der Waals surface area contributed by atoms with Crippen LogP contribution in [0.25, 0.3) is 10.9 Å². The van der Waals surface area contributed by atoms with Crippen molar-refractivity contribution in [3.8, 4) is 0 Å². The maximum Gasteiger partial charge on any atom is 0.330 e. The number of hydrogen-bond acceptors (Lipinski definition) is 5. The Balaban J connectivity index is 1.68. The summed E-state index contributed by atoms with van der Waals surface area (Å²) in [6.07, 6.45) is 1.65. The second-order valence-corrected chi connectivity index (χ2v) is 8.32. The van der Waals surface area contributed by atoms with Crippen molar-refractivity contribution in [2.75, 3.05) is 10.6 Å². The summed E-state index contributed by atoms with van der Waals surface area (Å²) in [5, 5.41) is 0.649. The van der Waals surface area contributed by atoms with Crippen molar-refractivity contribution >= 4 is 28.3 Å². The van der Waals surface area contributed by atoms with Crippen molar-refractivity contribution in [3.05, 3.63) is 135 Å². The molecule has 178 valence electrons. The van der Waals surface area contributed by atoms with E-state index in [1.165, 1.54) is 9.47 Å². The molecule has 0 unspecified atom stereocenters. The molecule has 0 bridgehead atoms. The first kappa shape index (κ1) is 22.8. The molecule has 0 spiro atoms. The molecule has 2 heterocycles. The summed E-state index contributed by atoms with van der Waals surface area (Å²) in [6.45, 7) is 0.216. The highest BCUT2D eigenvalue weighted by atomic mass is 16.2. The number of aromatic amines is 1. The van der Waals surface area contributed by atoms with Gasteiger partial charge < -0.3 is 5.73 Å². The zero-order valence-electron chi connectivity index (χ0n) is 19.3. The second kappa shape index (κ2) is 9.71. The number of hydrogen-bond donors (Lipinski definition) is 2. The molecular weight excluding hydrogens is 454 g/mol. The van der Waals surface area contributed by atoms with E-state index in [1.807, 2.05) is 66.7 Å². The van der Waals surface area contributed by atoms with Crippen LogP contribution in [0.3, 0.4) is 0 Å². The molecule has 0 saturated heterocycles. The van der Waals surface area contributed by atoms with Crippen LogP contribution in [0, 0.1) is 0 Å². The molecule has 0 aliphatic rings. The Labute approximate surface area is 206 Å². The number of nitrogens with two attached hydrogens (primary N) is 1. The number of nitrogens with one attached hydrogen (secondary N) is 1. The van der Waals surface area contributed by atoms with Gasteiger partial charge in [0.15, 0.2) is 5.69 Å². The first-order valence-electron chi connectivity index (χ1n) is 11.4. The standard InChI is InChI=1S/C28H23N5O3/c29-25-24(26(34)31-28(36)33(25)18-20-11-5-2-6-12-20)32(17-19-9-3-1-4-10-19)27(35)22-13-7-15-23-21(22)14-8-16-30-23/h1-16H,17-18,29H2,(H,31,34,36). The van der Waals surface area contributed by atoms with Crippen LogP contribution in [0.15, 0.2) is 107 Å². The van der Waals surface area contributed by atoms with Crippen molar-refractivity contribution < 1.29 is 4.79 Å². The molecule has 0 aliphatic carbocycles. The fourth-order valence-electron chi connectivity index (χ4n) is 4.21. The predicted molar refractivity (Wildman–Crippen MR) is 140 cm³/mol. The van der Waals surface area contributed by atoms with Crippen molar-refractivity contribution in [1.82, 2.24) is 14.5 Å². The summed E-state index contributed by atoms with van der Waals surface area (Å²) in [7, 11) is 0. The first-order valence-corrected chi connectivity index (χ1v) is 11.4. The Bertz CT molecular complexity index is 1660. The monoisotopic (exact) mass is 477 g/mol. The Morgan fingerprint density at radius 2 is 1.56 bits per heavy atom. The molecule has 3 N–H and O–H groups in total. The van der Waals surface area contributed by atoms with Crippen LogP contribution in [0.4, 0.5) is 11.5 Å². The zero-order valence-corrected chi connectivity index (χ0v) is 19.3. The molecule has 36 heavy (non-hydrogen) atoms. The third-order valence-electron chi connectivity index (χ3n) is 5.97. The number of H-pyrrole nitrogens is 1. The van der Waals surface area contributed by atoms with Gasteiger partial charge in [-0.1, -0.05) is 72.8 Å². The van der Waals surface area contributed by atoms with Crippen LogP contribution in [0.2, 0.25) is 0 Å². The SMILES string of the molecule is Nc1c(N(Cc2ccccc2)C(=O)c2cccc3ncccc23)c(=O)[nH]c(=O)n1Cc1ccccc1. The van der Waals surface area contributed by atoms with Gasteiger partial charge in [0, 0.05) is 17.1 Å². The van der Waals surface area contributed by atoms with Gasteiger partial charge in [-0.15, -0.1) is 0 Å². The molecule has 0 atom stereocenters. The lowest BCUT2D eigenvalue weighted by Gasteiger charge is -2.25. The van der Waals surface area contributed by atoms with Crippen LogP contribution < -0.4 is 21.9 Å². The predicted octanol–water partition coefficient (Wildman–Crippen LogP) is 3.56. The van der Waals surface area contributed by atoms with E-state index in [2.05, 4.69) is 9.97 Å². The van der Waals surface area contributed by atoms with Gasteiger partial charge in [0.1, 0.15) is 5.82 Å². The number of pyridine rings is 1. The van der Waals surface area contributed by atoms with E-state index in [0.717, 1.165) is 11.1 Å². The topological polar surface area (TPSA) is 114 Å². The van der Waals surface area contributed by atoms with Gasteiger partial charge in [0.05, 0.1) is 18.6 Å². The first-order chi connectivity index (χ1) is 17.5. The molecule has 8 nitrogen and oxygen atoms in total. The van der Waals surface area contributed by atoms with E-state index in [-0.39, 0.29) is 24.6 Å². The molecule has 0 fully saturated rings. The third-order valence-corrected chi connectivity index (χ3v) is 5.97. The molecule has 0 radical (unpaired) electrons. The minimum absolute atomic E-state index is 0.0765. The van der Waals surface area contributed by atoms with Crippen molar-refractivity contribution in [2.24, 2.45) is 0 Å². The third kappa shape index (κ3) is 4.39. The highest BCUT2D eigenvalue weighted by Crippen LogP contribution is 2.25. The Morgan fingerprint density at radius 3 is 2.28 bits per heavy atom. The summed E-state index contributed by atoms with van der Waals surface area (Å²) < 4.78 is 1.27. The summed E-state index contributed by atoms with van der Waals surface area (Å²) in [5.74, 6) is -0.519. The van der Waals surface area contributed by atoms with Gasteiger partial charge in [-0.2, -0.15) is 0 Å². The molecule has 3 aromatic carbocycles. The molecule has 5 rings (SSSR count). The highest BCUT2D eigenvalue weighted by molar-refractivity contribution is 6.14. The second-order valence-electron chi connectivity index (χ2n) is 8.32. The Morgan fingerprint density at radius 1 is 0.861 bits per heavy atom. The van der Waals surface area contributed by atoms with Gasteiger partial charge >= 0.3 is 5.69 Å². The smallest absolute Gasteiger partial charge is 0.330 e. The van der Waals surface area contributed by atoms with E-state index in [4.69, 9.17) is 5.73 Å². The van der Waals surface area contributed by atoms with Crippen molar-refractivity contribution in [3.63, 3.8) is 0 Å². The van der Waals surface area contributed by atoms with Gasteiger partial charge in [-0.25, -0.2) is 4.79 Å². The van der Waals surface area contributed by atoms with Crippen LogP contribution in [-0.4, -0.2) is 20.4 Å². The average Bonchev–Trinajstić information content (AvgIpc) is 2.91. The zero-order chi connectivity index (χ0) is 25.1. The summed E-state index contributed by atoms with van der Waals surface area (Å²) in [5.41, 5.74) is 7.63. The molecular formula is C28H23N5O3. The number of benzene rings is 3. The number of amides is 1. The van der Waals surface area contributed by atoms with Gasteiger partial charge in [-0.3, -0.25) is 29.0 Å². The number of fused-ring (bicyclic) bond motifs is 1. The minimum Gasteiger partial charge on any atom is -0.383 e. The number of nitrogen functional groups attached to an aromatic ring is 1. The van der Waals surface area contributed by atoms with E-state index in [9.17, 15) is 14.4 Å². The summed E-state index contributed by atoms with van der Waals surface area (Å²) in [4.78, 5) is 47.9. The molecule has 0 aliphatic heterocycles. The largest absolute Gasteiger partial charge is 0.383 e. The molecule has 8 heteroatoms. The van der Waals surface area contributed by atoms with Gasteiger partial charge in [-0.05, 0) is 29.3 Å². The number of rotatable bonds is 6. The maximum absolute atomic E-state index is 14.0. The van der Waals surface area contributed by atoms with Crippen molar-refractivity contribution in [2.45, 2.75) is 13.1 Å². The molecule has 0 saturated carbocycles. The van der Waals surface area contributed by atoms with E-state index < -0.39 is 17.2 Å². The van der Waals surface area contributed by atoms with Crippen LogP contribution in [-0.2, 0) is 13.1 Å². The van der Waals surface area contributed by atoms with E-state index in [1.54, 1.807) is 30.5 Å². The lowest BCUT2D eigenvalue weighted by molar-refractivity contribution is 0.0986. The molecule has 2 aromatic heterocycles. The fourth-order valence-corrected chi connectivity index (χ4v) is 4.21. The van der Waals surface area contributed by atoms with E-state index in [0.29, 0.717) is 16.5 Å². The number of nitrogens with zero attached hydrogens (tertiary/aromatic N) is 3. The normalized spacial score (nSPS) is 10.9. The van der Waals surface area contributed by atoms with Crippen LogP contribution >= 0.6 is 0 Å². The summed E-state index contributed by atoms with van der Waals surface area (Å²) in [6, 6.07) is 27.4. The minimum atomic E-state index is -0.732. The average molecular weight is 478 g/mol. The van der Waals surface area contributed by atoms with Gasteiger partial charge in [0.2, 0.25) is 0 Å². The maximum atomic E-state index is 14.0. The Hall–Kier alpha value is -4.98. The van der Waals surface area contributed by atoms with Crippen LogP contribution in [0.5, 0.6) is 0 Å². The fraction of sp³-hybridized carbons (Fsp3) is 0.0714.